The highest BCUT2D eigenvalue weighted by Gasteiger charge is 2.33. The van der Waals surface area contributed by atoms with Crippen LogP contribution in [0.4, 0.5) is 4.79 Å². The number of hydrogen-bond acceptors (Lipinski definition) is 3. The maximum absolute atomic E-state index is 11.9. The summed E-state index contributed by atoms with van der Waals surface area (Å²) in [5.41, 5.74) is -0.970. The van der Waals surface area contributed by atoms with Crippen LogP contribution in [-0.2, 0) is 4.74 Å². The largest absolute Gasteiger partial charge is 0.444 e. The predicted octanol–water partition coefficient (Wildman–Crippen LogP) is 2.25. The fraction of sp³-hybridized carbons (Fsp3) is 0.875. The molecule has 0 aromatic rings. The molecule has 0 heterocycles. The molecule has 128 valence electrons. The summed E-state index contributed by atoms with van der Waals surface area (Å²) >= 11 is 0. The first-order valence-corrected chi connectivity index (χ1v) is 8.08. The van der Waals surface area contributed by atoms with E-state index in [1.54, 1.807) is 0 Å². The molecule has 1 aliphatic carbocycles. The van der Waals surface area contributed by atoms with E-state index in [2.05, 4.69) is 27.9 Å². The first-order valence-electron chi connectivity index (χ1n) is 8.08. The van der Waals surface area contributed by atoms with Gasteiger partial charge in [-0.15, -0.1) is 0 Å². The molecule has 2 atom stereocenters. The van der Waals surface area contributed by atoms with Crippen LogP contribution in [-0.4, -0.2) is 42.3 Å². The summed E-state index contributed by atoms with van der Waals surface area (Å²) in [4.78, 5) is 16.4. The molecular weight excluding hydrogens is 280 g/mol. The lowest BCUT2D eigenvalue weighted by Gasteiger charge is -2.27. The Kier molecular flexibility index (Phi) is 6.08. The quantitative estimate of drug-likeness (QED) is 0.538. The van der Waals surface area contributed by atoms with Crippen LogP contribution in [0.2, 0.25) is 0 Å². The summed E-state index contributed by atoms with van der Waals surface area (Å²) in [5, 5.41) is 9.50. The minimum Gasteiger partial charge on any atom is -0.444 e. The van der Waals surface area contributed by atoms with Crippen molar-refractivity contribution in [2.24, 2.45) is 10.9 Å². The van der Waals surface area contributed by atoms with Crippen molar-refractivity contribution in [3.63, 3.8) is 0 Å². The summed E-state index contributed by atoms with van der Waals surface area (Å²) in [5.74, 6) is 1.51. The number of ether oxygens (including phenoxy) is 1. The Morgan fingerprint density at radius 2 is 1.86 bits per heavy atom. The summed E-state index contributed by atoms with van der Waals surface area (Å²) in [7, 11) is 0. The summed E-state index contributed by atoms with van der Waals surface area (Å²) in [6.45, 7) is 15.0. The molecule has 6 heteroatoms. The van der Waals surface area contributed by atoms with Gasteiger partial charge in [-0.05, 0) is 53.9 Å². The number of guanidine groups is 1. The summed E-state index contributed by atoms with van der Waals surface area (Å²) in [6.07, 6.45) is 0.769. The van der Waals surface area contributed by atoms with Gasteiger partial charge in [0.25, 0.3) is 0 Å². The van der Waals surface area contributed by atoms with Crippen molar-refractivity contribution in [2.75, 3.05) is 13.1 Å². The summed E-state index contributed by atoms with van der Waals surface area (Å²) in [6, 6.07) is 0.514. The molecule has 0 radical (unpaired) electrons. The minimum atomic E-state index is -0.498. The molecule has 0 saturated heterocycles. The van der Waals surface area contributed by atoms with Gasteiger partial charge in [0.05, 0.1) is 12.1 Å². The second-order valence-corrected chi connectivity index (χ2v) is 7.67. The van der Waals surface area contributed by atoms with Gasteiger partial charge in [-0.3, -0.25) is 4.99 Å². The average Bonchev–Trinajstić information content (AvgIpc) is 2.99. The van der Waals surface area contributed by atoms with Crippen LogP contribution in [0.1, 0.15) is 54.9 Å². The number of alkyl carbamates (subject to hydrolysis) is 1. The minimum absolute atomic E-state index is 0.415. The number of carbonyl (C=O) groups excluding carboxylic acids is 1. The van der Waals surface area contributed by atoms with Crippen LogP contribution in [0.3, 0.4) is 0 Å². The number of rotatable bonds is 5. The Morgan fingerprint density at radius 3 is 2.32 bits per heavy atom. The molecule has 22 heavy (non-hydrogen) atoms. The van der Waals surface area contributed by atoms with Crippen LogP contribution in [0.15, 0.2) is 4.99 Å². The molecule has 1 aliphatic rings. The Balaban J connectivity index is 2.52. The Labute approximate surface area is 134 Å². The SMILES string of the molecule is CCNC(=NCC(C)(C)NC(=O)OC(C)(C)C)NC1CC1C. The third kappa shape index (κ3) is 7.52. The number of nitrogens with zero attached hydrogens (tertiary/aromatic N) is 1. The molecule has 1 amide bonds. The zero-order valence-electron chi connectivity index (χ0n) is 15.0. The van der Waals surface area contributed by atoms with Gasteiger partial charge < -0.3 is 20.7 Å². The number of hydrogen-bond donors (Lipinski definition) is 3. The van der Waals surface area contributed by atoms with Gasteiger partial charge in [0.2, 0.25) is 0 Å². The topological polar surface area (TPSA) is 74.8 Å². The highest BCUT2D eigenvalue weighted by Crippen LogP contribution is 2.28. The van der Waals surface area contributed by atoms with Gasteiger partial charge in [-0.2, -0.15) is 0 Å². The second-order valence-electron chi connectivity index (χ2n) is 7.67. The predicted molar refractivity (Wildman–Crippen MR) is 90.1 cm³/mol. The third-order valence-corrected chi connectivity index (χ3v) is 3.25. The van der Waals surface area contributed by atoms with E-state index < -0.39 is 17.2 Å². The van der Waals surface area contributed by atoms with Gasteiger partial charge in [0.15, 0.2) is 5.96 Å². The van der Waals surface area contributed by atoms with E-state index in [-0.39, 0.29) is 0 Å². The Hall–Kier alpha value is -1.46. The van der Waals surface area contributed by atoms with Crippen LogP contribution >= 0.6 is 0 Å². The van der Waals surface area contributed by atoms with Gasteiger partial charge >= 0.3 is 6.09 Å². The third-order valence-electron chi connectivity index (χ3n) is 3.25. The maximum Gasteiger partial charge on any atom is 0.408 e. The van der Waals surface area contributed by atoms with Crippen molar-refractivity contribution < 1.29 is 9.53 Å². The molecule has 1 fully saturated rings. The fourth-order valence-corrected chi connectivity index (χ4v) is 1.91. The molecule has 1 rings (SSSR count). The van der Waals surface area contributed by atoms with Crippen LogP contribution < -0.4 is 16.0 Å². The molecule has 6 nitrogen and oxygen atoms in total. The van der Waals surface area contributed by atoms with Crippen LogP contribution in [0, 0.1) is 5.92 Å². The lowest BCUT2D eigenvalue weighted by atomic mass is 10.1. The van der Waals surface area contributed by atoms with Gasteiger partial charge in [-0.25, -0.2) is 4.79 Å². The van der Waals surface area contributed by atoms with E-state index in [4.69, 9.17) is 4.74 Å². The van der Waals surface area contributed by atoms with E-state index in [1.165, 1.54) is 6.42 Å². The standard InChI is InChI=1S/C16H32N4O2/c1-8-17-13(19-12-9-11(12)2)18-10-16(6,7)20-14(21)22-15(3,4)5/h11-12H,8-10H2,1-7H3,(H,20,21)(H2,17,18,19). The molecule has 0 bridgehead atoms. The van der Waals surface area contributed by atoms with E-state index in [9.17, 15) is 4.79 Å². The fourth-order valence-electron chi connectivity index (χ4n) is 1.91. The molecule has 0 aromatic heterocycles. The number of amides is 1. The molecular formula is C16H32N4O2. The molecule has 1 saturated carbocycles. The van der Waals surface area contributed by atoms with Crippen molar-refractivity contribution in [2.45, 2.75) is 72.1 Å². The highest BCUT2D eigenvalue weighted by atomic mass is 16.6. The van der Waals surface area contributed by atoms with Gasteiger partial charge in [0.1, 0.15) is 5.60 Å². The van der Waals surface area contributed by atoms with E-state index >= 15 is 0 Å². The van der Waals surface area contributed by atoms with Crippen molar-refractivity contribution >= 4 is 12.1 Å². The molecule has 3 N–H and O–H groups in total. The molecule has 0 spiro atoms. The normalized spacial score (nSPS) is 22.0. The van der Waals surface area contributed by atoms with Crippen molar-refractivity contribution in [1.29, 1.82) is 0 Å². The lowest BCUT2D eigenvalue weighted by Crippen LogP contribution is -2.49. The second kappa shape index (κ2) is 7.20. The number of aliphatic imine (C=N–C) groups is 1. The lowest BCUT2D eigenvalue weighted by molar-refractivity contribution is 0.0476. The average molecular weight is 312 g/mol. The molecule has 0 aliphatic heterocycles. The summed E-state index contributed by atoms with van der Waals surface area (Å²) < 4.78 is 5.29. The van der Waals surface area contributed by atoms with E-state index in [0.717, 1.165) is 12.5 Å². The van der Waals surface area contributed by atoms with E-state index in [0.29, 0.717) is 18.5 Å². The number of carbonyl (C=O) groups is 1. The van der Waals surface area contributed by atoms with Gasteiger partial charge in [-0.1, -0.05) is 6.92 Å². The maximum atomic E-state index is 11.9. The number of nitrogens with one attached hydrogen (secondary N) is 3. The smallest absolute Gasteiger partial charge is 0.408 e. The van der Waals surface area contributed by atoms with E-state index in [1.807, 2.05) is 41.5 Å². The van der Waals surface area contributed by atoms with Crippen molar-refractivity contribution in [1.82, 2.24) is 16.0 Å². The van der Waals surface area contributed by atoms with Crippen molar-refractivity contribution in [3.8, 4) is 0 Å². The highest BCUT2D eigenvalue weighted by molar-refractivity contribution is 5.80. The van der Waals surface area contributed by atoms with Crippen LogP contribution in [0.5, 0.6) is 0 Å². The Bertz CT molecular complexity index is 413. The molecule has 2 unspecified atom stereocenters. The Morgan fingerprint density at radius 1 is 1.27 bits per heavy atom. The zero-order valence-corrected chi connectivity index (χ0v) is 15.0. The zero-order chi connectivity index (χ0) is 17.0. The van der Waals surface area contributed by atoms with Crippen LogP contribution in [0.25, 0.3) is 0 Å². The first kappa shape index (κ1) is 18.6. The monoisotopic (exact) mass is 312 g/mol. The molecule has 0 aromatic carbocycles. The van der Waals surface area contributed by atoms with Gasteiger partial charge in [0, 0.05) is 12.6 Å². The first-order chi connectivity index (χ1) is 10.0. The van der Waals surface area contributed by atoms with Crippen molar-refractivity contribution in [3.05, 3.63) is 0 Å².